The maximum atomic E-state index is 2.99. The van der Waals surface area contributed by atoms with E-state index < -0.39 is 12.7 Å². The molecule has 5 aliphatic rings. The minimum atomic E-state index is -4.85. The van der Waals surface area contributed by atoms with Gasteiger partial charge in [-0.1, -0.05) is 0 Å². The third-order valence-electron chi connectivity index (χ3n) is 13.6. The van der Waals surface area contributed by atoms with E-state index in [2.05, 4.69) is 154 Å². The molecule has 0 spiro atoms. The first-order chi connectivity index (χ1) is 19.2. The molecule has 4 unspecified atom stereocenters. The van der Waals surface area contributed by atoms with Gasteiger partial charge in [0.2, 0.25) is 0 Å². The summed E-state index contributed by atoms with van der Waals surface area (Å²) in [5, 5.41) is 0. The maximum Gasteiger partial charge on any atom is -1.00 e. The average molecular weight is 721 g/mol. The predicted molar refractivity (Wildman–Crippen MR) is 185 cm³/mol. The molecule has 0 saturated carbocycles. The normalized spacial score (nSPS) is 36.0. The van der Waals surface area contributed by atoms with E-state index in [9.17, 15) is 0 Å². The summed E-state index contributed by atoms with van der Waals surface area (Å²) in [6.07, 6.45) is 24.0. The molecule has 0 amide bonds. The summed E-state index contributed by atoms with van der Waals surface area (Å²) in [7, 11) is 0. The topological polar surface area (TPSA) is 0 Å². The molecule has 4 aliphatic carbocycles. The van der Waals surface area contributed by atoms with E-state index in [1.165, 1.54) is 11.1 Å². The third-order valence-corrected chi connectivity index (χ3v) is 192. The molecule has 0 radical (unpaired) electrons. The van der Waals surface area contributed by atoms with Gasteiger partial charge in [0.1, 0.15) is 0 Å². The van der Waals surface area contributed by atoms with Gasteiger partial charge in [0, 0.05) is 0 Å². The van der Waals surface area contributed by atoms with Gasteiger partial charge in [-0.2, -0.15) is 0 Å². The van der Waals surface area contributed by atoms with E-state index in [1.807, 2.05) is 0 Å². The fraction of sp³-hybridized carbons (Fsp3) is 0.263. The molecular weight excluding hydrogens is 675 g/mol. The Kier molecular flexibility index (Phi) is 6.63. The summed E-state index contributed by atoms with van der Waals surface area (Å²) in [5.41, 5.74) is 12.5. The SMILES string of the molecule is CC1=CC2=C(C=CC=CC2c2ccccc2)[CH]1[Zr+2]1([CH3])([CH3])([CH3])([CH3])([CH]2C(C)=CC3=C2C=CC=CC3c2ccccc2)[SiH2][SiH2]1.[Cl-].[Cl-]. The van der Waals surface area contributed by atoms with Crippen LogP contribution in [0.5, 0.6) is 0 Å². The second kappa shape index (κ2) is 8.74. The van der Waals surface area contributed by atoms with Crippen molar-refractivity contribution in [3.8, 4) is 0 Å². The van der Waals surface area contributed by atoms with E-state index >= 15 is 0 Å². The summed E-state index contributed by atoms with van der Waals surface area (Å²) in [4.78, 5) is 0. The van der Waals surface area contributed by atoms with Crippen molar-refractivity contribution in [2.75, 3.05) is 0 Å². The van der Waals surface area contributed by atoms with Crippen LogP contribution in [0.1, 0.15) is 36.8 Å². The molecule has 1 saturated heterocycles. The number of hydrogen-bond donors (Lipinski definition) is 0. The van der Waals surface area contributed by atoms with Gasteiger partial charge < -0.3 is 24.8 Å². The second-order valence-corrected chi connectivity index (χ2v) is 150. The average Bonchev–Trinajstić information content (AvgIpc) is 3.24. The van der Waals surface area contributed by atoms with Gasteiger partial charge in [0.25, 0.3) is 0 Å². The van der Waals surface area contributed by atoms with Crippen LogP contribution in [0.25, 0.3) is 0 Å². The number of rotatable bonds is 4. The van der Waals surface area contributed by atoms with E-state index in [0.717, 1.165) is 0 Å². The van der Waals surface area contributed by atoms with Gasteiger partial charge in [-0.25, -0.2) is 0 Å². The molecule has 2 aromatic carbocycles. The third kappa shape index (κ3) is 4.29. The zero-order chi connectivity index (χ0) is 28.8. The molecule has 0 nitrogen and oxygen atoms in total. The first-order valence-corrected chi connectivity index (χ1v) is 44.3. The minimum Gasteiger partial charge on any atom is -1.00 e. The molecule has 4 atom stereocenters. The van der Waals surface area contributed by atoms with Gasteiger partial charge in [-0.15, -0.1) is 0 Å². The first kappa shape index (κ1) is 32.6. The molecule has 0 bridgehead atoms. The van der Waals surface area contributed by atoms with Crippen molar-refractivity contribution in [3.63, 3.8) is 0 Å². The molecule has 7 rings (SSSR count). The van der Waals surface area contributed by atoms with Crippen LogP contribution in [0, 0.1) is 0 Å². The standard InChI is InChI=1S/2C17H15.4CH3.2ClH.H4Si2.Zr/c2*1-13-11-15-9-5-6-10-16(17(15)12-13)14-7-3-2-4-8-14;;;;;;;1-2;/h2*2-12,16H,1H3;4*1H3;2*1H;1-2H2;/q;;;;;;;;;+2/p-2. The van der Waals surface area contributed by atoms with Crippen LogP contribution in [0.15, 0.2) is 155 Å². The van der Waals surface area contributed by atoms with E-state index in [0.29, 0.717) is 19.1 Å². The van der Waals surface area contributed by atoms with Crippen LogP contribution >= 0.6 is 0 Å². The Labute approximate surface area is 265 Å². The summed E-state index contributed by atoms with van der Waals surface area (Å²) in [6.45, 7) is 5.00. The summed E-state index contributed by atoms with van der Waals surface area (Å²) < 4.78 is 13.1. The van der Waals surface area contributed by atoms with Crippen molar-refractivity contribution < 1.29 is 37.5 Å². The van der Waals surface area contributed by atoms with E-state index in [-0.39, 0.29) is 37.1 Å². The Balaban J connectivity index is 0.00000184. The van der Waals surface area contributed by atoms with Crippen LogP contribution in [0.3, 0.4) is 0 Å². The summed E-state index contributed by atoms with van der Waals surface area (Å²) in [6, 6.07) is 22.4. The molecule has 1 fully saturated rings. The van der Waals surface area contributed by atoms with Crippen molar-refractivity contribution in [2.24, 2.45) is 0 Å². The molecule has 1 aliphatic heterocycles. The monoisotopic (exact) mass is 718 g/mol. The van der Waals surface area contributed by atoms with E-state index in [4.69, 9.17) is 0 Å². The van der Waals surface area contributed by atoms with Crippen LogP contribution < -0.4 is 24.8 Å². The molecule has 5 heteroatoms. The molecule has 224 valence electrons. The Morgan fingerprint density at radius 1 is 0.512 bits per heavy atom. The molecular formula is C38H46Cl2Si2Zr. The van der Waals surface area contributed by atoms with Gasteiger partial charge in [0.05, 0.1) is 0 Å². The van der Waals surface area contributed by atoms with Crippen molar-refractivity contribution in [3.05, 3.63) is 166 Å². The molecule has 0 aromatic heterocycles. The Bertz CT molecular complexity index is 1700. The number of halogens is 2. The van der Waals surface area contributed by atoms with Gasteiger partial charge in [0.15, 0.2) is 0 Å². The molecule has 43 heavy (non-hydrogen) atoms. The first-order valence-electron chi connectivity index (χ1n) is 15.8. The Hall–Kier alpha value is -1.74. The summed E-state index contributed by atoms with van der Waals surface area (Å²) >= 11 is -4.85. The van der Waals surface area contributed by atoms with Crippen molar-refractivity contribution in [2.45, 2.75) is 51.5 Å². The van der Waals surface area contributed by atoms with Crippen LogP contribution in [0.2, 0.25) is 25.8 Å². The number of hydrogen-bond acceptors (Lipinski definition) is 0. The Morgan fingerprint density at radius 2 is 0.884 bits per heavy atom. The second-order valence-electron chi connectivity index (χ2n) is 19.6. The molecule has 1 heterocycles. The fourth-order valence-corrected chi connectivity index (χ4v) is 282. The van der Waals surface area contributed by atoms with Gasteiger partial charge in [-0.05, 0) is 0 Å². The minimum absolute atomic E-state index is 0. The van der Waals surface area contributed by atoms with Crippen LogP contribution in [-0.4, -0.2) is 12.3 Å². The van der Waals surface area contributed by atoms with Gasteiger partial charge >= 0.3 is 242 Å². The van der Waals surface area contributed by atoms with Crippen molar-refractivity contribution in [1.82, 2.24) is 0 Å². The fourth-order valence-electron chi connectivity index (χ4n) is 11.3. The van der Waals surface area contributed by atoms with Gasteiger partial charge in [-0.3, -0.25) is 0 Å². The van der Waals surface area contributed by atoms with Crippen LogP contribution in [0.4, 0.5) is 0 Å². The van der Waals surface area contributed by atoms with E-state index in [1.54, 1.807) is 33.4 Å². The number of benzene rings is 2. The zero-order valence-electron chi connectivity index (χ0n) is 26.5. The maximum absolute atomic E-state index is 4.85. The zero-order valence-corrected chi connectivity index (χ0v) is 33.3. The van der Waals surface area contributed by atoms with Crippen molar-refractivity contribution >= 4 is 12.3 Å². The Morgan fingerprint density at radius 3 is 1.23 bits per heavy atom. The summed E-state index contributed by atoms with van der Waals surface area (Å²) in [5.74, 6) is 0.639. The quantitative estimate of drug-likeness (QED) is 0.425. The van der Waals surface area contributed by atoms with Crippen LogP contribution in [-0.2, 0) is 12.7 Å². The van der Waals surface area contributed by atoms with Crippen molar-refractivity contribution in [1.29, 1.82) is 0 Å². The predicted octanol–water partition coefficient (Wildman–Crippen LogP) is 3.49. The largest absolute Gasteiger partial charge is 1.00 e. The molecule has 2 aromatic rings. The smallest absolute Gasteiger partial charge is 1.00 e. The molecule has 0 N–H and O–H groups in total. The number of allylic oxidation sites excluding steroid dienone is 16.